The van der Waals surface area contributed by atoms with Crippen molar-refractivity contribution in [2.24, 2.45) is 0 Å². The average Bonchev–Trinajstić information content (AvgIpc) is 2.84. The van der Waals surface area contributed by atoms with Gasteiger partial charge < -0.3 is 9.84 Å². The lowest BCUT2D eigenvalue weighted by Gasteiger charge is -2.27. The van der Waals surface area contributed by atoms with Crippen LogP contribution in [0.25, 0.3) is 0 Å². The molecule has 20 heavy (non-hydrogen) atoms. The second kappa shape index (κ2) is 6.75. The fourth-order valence-electron chi connectivity index (χ4n) is 2.95. The van der Waals surface area contributed by atoms with Gasteiger partial charge in [-0.25, -0.2) is 0 Å². The predicted octanol–water partition coefficient (Wildman–Crippen LogP) is 2.91. The smallest absolute Gasteiger partial charge is 0.320 e. The molecule has 0 saturated carbocycles. The van der Waals surface area contributed by atoms with Gasteiger partial charge in [-0.15, -0.1) is 0 Å². The van der Waals surface area contributed by atoms with Crippen molar-refractivity contribution in [3.8, 4) is 5.75 Å². The summed E-state index contributed by atoms with van der Waals surface area (Å²) < 4.78 is 5.42. The molecule has 4 heteroatoms. The molecule has 0 amide bonds. The van der Waals surface area contributed by atoms with Gasteiger partial charge in [-0.3, -0.25) is 9.69 Å². The topological polar surface area (TPSA) is 49.8 Å². The third-order valence-electron chi connectivity index (χ3n) is 4.00. The third-order valence-corrected chi connectivity index (χ3v) is 4.00. The van der Waals surface area contributed by atoms with Crippen molar-refractivity contribution >= 4 is 5.97 Å². The Balaban J connectivity index is 2.07. The SMILES string of the molecule is CCOc1ccc(CN2C(CC)CCC2C(=O)O)cc1. The Bertz CT molecular complexity index is 444. The van der Waals surface area contributed by atoms with Crippen molar-refractivity contribution in [2.45, 2.75) is 51.7 Å². The Hall–Kier alpha value is -1.55. The molecule has 1 N–H and O–H groups in total. The average molecular weight is 277 g/mol. The number of ether oxygens (including phenoxy) is 1. The van der Waals surface area contributed by atoms with Crippen molar-refractivity contribution in [3.05, 3.63) is 29.8 Å². The number of hydrogen-bond donors (Lipinski definition) is 1. The number of carboxylic acids is 1. The number of carbonyl (C=O) groups is 1. The summed E-state index contributed by atoms with van der Waals surface area (Å²) in [7, 11) is 0. The van der Waals surface area contributed by atoms with E-state index in [1.165, 1.54) is 0 Å². The summed E-state index contributed by atoms with van der Waals surface area (Å²) in [6.07, 6.45) is 2.73. The van der Waals surface area contributed by atoms with Crippen LogP contribution in [0.5, 0.6) is 5.75 Å². The molecule has 1 aliphatic rings. The first-order valence-electron chi connectivity index (χ1n) is 7.36. The number of hydrogen-bond acceptors (Lipinski definition) is 3. The largest absolute Gasteiger partial charge is 0.494 e. The van der Waals surface area contributed by atoms with Crippen molar-refractivity contribution < 1.29 is 14.6 Å². The van der Waals surface area contributed by atoms with Gasteiger partial charge in [-0.05, 0) is 43.9 Å². The molecule has 1 fully saturated rings. The molecule has 4 nitrogen and oxygen atoms in total. The van der Waals surface area contributed by atoms with E-state index in [4.69, 9.17) is 4.74 Å². The quantitative estimate of drug-likeness (QED) is 0.868. The Kier molecular flexibility index (Phi) is 5.01. The Labute approximate surface area is 120 Å². The van der Waals surface area contributed by atoms with Crippen molar-refractivity contribution in [1.29, 1.82) is 0 Å². The summed E-state index contributed by atoms with van der Waals surface area (Å²) in [5.74, 6) is 0.159. The van der Waals surface area contributed by atoms with E-state index in [2.05, 4.69) is 11.8 Å². The maximum atomic E-state index is 11.3. The van der Waals surface area contributed by atoms with Crippen molar-refractivity contribution in [1.82, 2.24) is 4.90 Å². The van der Waals surface area contributed by atoms with Crippen LogP contribution in [0.4, 0.5) is 0 Å². The van der Waals surface area contributed by atoms with Crippen LogP contribution in [0.2, 0.25) is 0 Å². The van der Waals surface area contributed by atoms with Gasteiger partial charge in [0.15, 0.2) is 0 Å². The second-order valence-electron chi connectivity index (χ2n) is 5.24. The molecule has 0 aromatic heterocycles. The standard InChI is InChI=1S/C16H23NO3/c1-3-13-7-10-15(16(18)19)17(13)11-12-5-8-14(9-6-12)20-4-2/h5-6,8-9,13,15H,3-4,7,10-11H2,1-2H3,(H,18,19). The number of aliphatic carboxylic acids is 1. The lowest BCUT2D eigenvalue weighted by atomic mass is 10.1. The molecule has 110 valence electrons. The molecule has 1 aliphatic heterocycles. The fourth-order valence-corrected chi connectivity index (χ4v) is 2.95. The van der Waals surface area contributed by atoms with E-state index in [0.29, 0.717) is 19.2 Å². The summed E-state index contributed by atoms with van der Waals surface area (Å²) in [5, 5.41) is 9.33. The van der Waals surface area contributed by atoms with E-state index in [-0.39, 0.29) is 6.04 Å². The first-order chi connectivity index (χ1) is 9.65. The molecule has 0 aliphatic carbocycles. The Morgan fingerprint density at radius 3 is 2.55 bits per heavy atom. The Morgan fingerprint density at radius 2 is 2.00 bits per heavy atom. The fraction of sp³-hybridized carbons (Fsp3) is 0.562. The van der Waals surface area contributed by atoms with Crippen LogP contribution in [-0.4, -0.2) is 34.7 Å². The number of likely N-dealkylation sites (tertiary alicyclic amines) is 1. The summed E-state index contributed by atoms with van der Waals surface area (Å²) >= 11 is 0. The van der Waals surface area contributed by atoms with Crippen molar-refractivity contribution in [3.63, 3.8) is 0 Å². The minimum absolute atomic E-state index is 0.341. The van der Waals surface area contributed by atoms with Crippen LogP contribution in [-0.2, 0) is 11.3 Å². The second-order valence-corrected chi connectivity index (χ2v) is 5.24. The number of nitrogens with zero attached hydrogens (tertiary/aromatic N) is 1. The highest BCUT2D eigenvalue weighted by Crippen LogP contribution is 2.28. The third kappa shape index (κ3) is 3.31. The first-order valence-corrected chi connectivity index (χ1v) is 7.36. The van der Waals surface area contributed by atoms with Crippen LogP contribution in [0.3, 0.4) is 0 Å². The Morgan fingerprint density at radius 1 is 1.30 bits per heavy atom. The molecular weight excluding hydrogens is 254 g/mol. The van der Waals surface area contributed by atoms with Crippen LogP contribution < -0.4 is 4.74 Å². The van der Waals surface area contributed by atoms with Crippen LogP contribution in [0.15, 0.2) is 24.3 Å². The molecule has 1 heterocycles. The summed E-state index contributed by atoms with van der Waals surface area (Å²) in [4.78, 5) is 13.5. The van der Waals surface area contributed by atoms with Gasteiger partial charge in [0.25, 0.3) is 0 Å². The molecule has 2 rings (SSSR count). The minimum atomic E-state index is -0.702. The highest BCUT2D eigenvalue weighted by Gasteiger charge is 2.36. The van der Waals surface area contributed by atoms with E-state index in [1.54, 1.807) is 0 Å². The maximum absolute atomic E-state index is 11.3. The highest BCUT2D eigenvalue weighted by atomic mass is 16.5. The molecule has 0 bridgehead atoms. The van der Waals surface area contributed by atoms with Gasteiger partial charge >= 0.3 is 5.97 Å². The van der Waals surface area contributed by atoms with Gasteiger partial charge in [0, 0.05) is 12.6 Å². The van der Waals surface area contributed by atoms with Crippen LogP contribution in [0.1, 0.15) is 38.7 Å². The van der Waals surface area contributed by atoms with E-state index in [9.17, 15) is 9.90 Å². The molecule has 2 unspecified atom stereocenters. The molecule has 1 aromatic carbocycles. The number of benzene rings is 1. The highest BCUT2D eigenvalue weighted by molar-refractivity contribution is 5.73. The monoisotopic (exact) mass is 277 g/mol. The summed E-state index contributed by atoms with van der Waals surface area (Å²) in [6.45, 7) is 5.44. The lowest BCUT2D eigenvalue weighted by Crippen LogP contribution is -2.39. The molecule has 0 radical (unpaired) electrons. The lowest BCUT2D eigenvalue weighted by molar-refractivity contribution is -0.142. The zero-order valence-corrected chi connectivity index (χ0v) is 12.2. The first kappa shape index (κ1) is 14.9. The van der Waals surface area contributed by atoms with E-state index in [0.717, 1.165) is 30.6 Å². The van der Waals surface area contributed by atoms with Gasteiger partial charge in [0.05, 0.1) is 6.61 Å². The summed E-state index contributed by atoms with van der Waals surface area (Å²) in [5.41, 5.74) is 1.14. The molecule has 1 saturated heterocycles. The van der Waals surface area contributed by atoms with Gasteiger partial charge in [0.1, 0.15) is 11.8 Å². The van der Waals surface area contributed by atoms with Crippen LogP contribution >= 0.6 is 0 Å². The summed E-state index contributed by atoms with van der Waals surface area (Å²) in [6, 6.07) is 7.98. The predicted molar refractivity (Wildman–Crippen MR) is 77.9 cm³/mol. The normalized spacial score (nSPS) is 22.9. The minimum Gasteiger partial charge on any atom is -0.494 e. The van der Waals surface area contributed by atoms with Gasteiger partial charge in [-0.2, -0.15) is 0 Å². The molecular formula is C16H23NO3. The number of carboxylic acid groups (broad SMARTS) is 1. The van der Waals surface area contributed by atoms with E-state index in [1.807, 2.05) is 31.2 Å². The van der Waals surface area contributed by atoms with Crippen molar-refractivity contribution in [2.75, 3.05) is 6.61 Å². The van der Waals surface area contributed by atoms with E-state index >= 15 is 0 Å². The molecule has 1 aromatic rings. The maximum Gasteiger partial charge on any atom is 0.320 e. The zero-order chi connectivity index (χ0) is 14.5. The van der Waals surface area contributed by atoms with Gasteiger partial charge in [0.2, 0.25) is 0 Å². The molecule has 2 atom stereocenters. The number of rotatable bonds is 6. The zero-order valence-electron chi connectivity index (χ0n) is 12.2. The van der Waals surface area contributed by atoms with E-state index < -0.39 is 5.97 Å². The van der Waals surface area contributed by atoms with Crippen LogP contribution in [0, 0.1) is 0 Å². The van der Waals surface area contributed by atoms with Gasteiger partial charge in [-0.1, -0.05) is 19.1 Å². The molecule has 0 spiro atoms.